The van der Waals surface area contributed by atoms with E-state index in [-0.39, 0.29) is 29.9 Å². The Labute approximate surface area is 259 Å². The highest BCUT2D eigenvalue weighted by molar-refractivity contribution is 5.94. The van der Waals surface area contributed by atoms with Crippen LogP contribution in [0.25, 0.3) is 10.9 Å². The number of carbonyl (C=O) groups excluding carboxylic acids is 4. The van der Waals surface area contributed by atoms with Crippen molar-refractivity contribution < 1.29 is 23.9 Å². The van der Waals surface area contributed by atoms with Crippen molar-refractivity contribution in [3.8, 4) is 5.75 Å². The zero-order chi connectivity index (χ0) is 31.5. The number of Topliss-reactive ketones (excluding diaryl/α,β-unsaturated/α-hetero) is 1. The summed E-state index contributed by atoms with van der Waals surface area (Å²) in [4.78, 5) is 58.0. The molecule has 0 bridgehead atoms. The number of hydrogen-bond acceptors (Lipinski definition) is 6. The van der Waals surface area contributed by atoms with E-state index in [2.05, 4.69) is 20.5 Å². The summed E-state index contributed by atoms with van der Waals surface area (Å²) in [6.07, 6.45) is 3.47. The Balaban J connectivity index is 1.29. The number of aromatic amines is 1. The Morgan fingerprint density at radius 2 is 1.73 bits per heavy atom. The molecule has 1 unspecified atom stereocenters. The summed E-state index contributed by atoms with van der Waals surface area (Å²) < 4.78 is 5.37. The third-order valence-electron chi connectivity index (χ3n) is 8.24. The first-order valence-corrected chi connectivity index (χ1v) is 15.5. The molecule has 3 amide bonds. The number of fused-ring (bicyclic) bond motifs is 1. The van der Waals surface area contributed by atoms with E-state index in [0.29, 0.717) is 50.3 Å². The zero-order valence-corrected chi connectivity index (χ0v) is 26.1. The maximum Gasteiger partial charge on any atom is 0.253 e. The Hall–Kier alpha value is -4.18. The number of rotatable bonds is 15. The van der Waals surface area contributed by atoms with Crippen molar-refractivity contribution >= 4 is 34.4 Å². The van der Waals surface area contributed by atoms with Gasteiger partial charge in [-0.05, 0) is 62.6 Å². The highest BCUT2D eigenvalue weighted by atomic mass is 16.5. The van der Waals surface area contributed by atoms with Gasteiger partial charge in [-0.2, -0.15) is 0 Å². The van der Waals surface area contributed by atoms with Gasteiger partial charge in [-0.1, -0.05) is 31.0 Å². The topological polar surface area (TPSA) is 124 Å². The highest BCUT2D eigenvalue weighted by Crippen LogP contribution is 2.27. The van der Waals surface area contributed by atoms with Crippen LogP contribution in [0.15, 0.2) is 48.5 Å². The summed E-state index contributed by atoms with van der Waals surface area (Å²) in [5.41, 5.74) is 3.40. The van der Waals surface area contributed by atoms with Gasteiger partial charge < -0.3 is 30.0 Å². The second kappa shape index (κ2) is 16.0. The van der Waals surface area contributed by atoms with E-state index in [1.54, 1.807) is 14.0 Å². The minimum atomic E-state index is -0.666. The number of H-pyrrole nitrogens is 1. The van der Waals surface area contributed by atoms with E-state index in [4.69, 9.17) is 4.74 Å². The van der Waals surface area contributed by atoms with Gasteiger partial charge in [0.05, 0.1) is 13.5 Å². The molecule has 1 fully saturated rings. The molecule has 0 radical (unpaired) electrons. The molecule has 3 aromatic rings. The van der Waals surface area contributed by atoms with Crippen LogP contribution in [0, 0.1) is 6.92 Å². The highest BCUT2D eigenvalue weighted by Gasteiger charge is 2.24. The summed E-state index contributed by atoms with van der Waals surface area (Å²) in [7, 11) is 1.61. The first kappa shape index (κ1) is 32.7. The average Bonchev–Trinajstić information content (AvgIpc) is 3.33. The maximum atomic E-state index is 13.3. The molecule has 2 aromatic carbocycles. The second-order valence-corrected chi connectivity index (χ2v) is 11.5. The van der Waals surface area contributed by atoms with Crippen LogP contribution in [-0.4, -0.2) is 90.7 Å². The fourth-order valence-electron chi connectivity index (χ4n) is 5.69. The molecule has 0 aliphatic carbocycles. The first-order valence-electron chi connectivity index (χ1n) is 15.5. The van der Waals surface area contributed by atoms with Gasteiger partial charge in [-0.15, -0.1) is 0 Å². The molecule has 1 aliphatic heterocycles. The minimum Gasteiger partial charge on any atom is -0.497 e. The monoisotopic (exact) mass is 603 g/mol. The lowest BCUT2D eigenvalue weighted by molar-refractivity contribution is -0.129. The Morgan fingerprint density at radius 3 is 2.43 bits per heavy atom. The summed E-state index contributed by atoms with van der Waals surface area (Å²) >= 11 is 0. The quantitative estimate of drug-likeness (QED) is 0.228. The van der Waals surface area contributed by atoms with Gasteiger partial charge in [-0.25, -0.2) is 0 Å². The number of hydrogen-bond donors (Lipinski definition) is 3. The molecule has 10 nitrogen and oxygen atoms in total. The standard InChI is InChI=1S/C34H45N5O5/c1-24(40)10-6-4-9-13-31(37-32(41)23-28-25(2)36-30-15-14-27(44-3)22-29(28)30)33(42)35-16-17-38-18-20-39(21-19-38)34(43)26-11-7-5-8-12-26/h5,7-8,11-12,14-15,22,31,36H,4,6,9-10,13,16-21,23H2,1-3H3,(H,35,42)(H,37,41). The van der Waals surface area contributed by atoms with Crippen LogP contribution in [0.5, 0.6) is 5.75 Å². The van der Waals surface area contributed by atoms with Crippen molar-refractivity contribution in [2.24, 2.45) is 0 Å². The van der Waals surface area contributed by atoms with E-state index in [1.165, 1.54) is 0 Å². The van der Waals surface area contributed by atoms with E-state index >= 15 is 0 Å². The molecule has 1 aliphatic rings. The van der Waals surface area contributed by atoms with Gasteiger partial charge in [0.2, 0.25) is 11.8 Å². The number of ether oxygens (including phenoxy) is 1. The summed E-state index contributed by atoms with van der Waals surface area (Å²) in [6.45, 7) is 7.38. The van der Waals surface area contributed by atoms with Gasteiger partial charge in [0.25, 0.3) is 5.91 Å². The molecule has 1 aromatic heterocycles. The number of carbonyl (C=O) groups is 4. The fraction of sp³-hybridized carbons (Fsp3) is 0.471. The number of nitrogens with one attached hydrogen (secondary N) is 3. The van der Waals surface area contributed by atoms with Crippen LogP contribution in [-0.2, 0) is 20.8 Å². The number of aromatic nitrogens is 1. The number of methoxy groups -OCH3 is 1. The molecule has 1 atom stereocenters. The number of nitrogens with zero attached hydrogens (tertiary/aromatic N) is 2. The Morgan fingerprint density at radius 1 is 0.977 bits per heavy atom. The van der Waals surface area contributed by atoms with E-state index < -0.39 is 6.04 Å². The Kier molecular flexibility index (Phi) is 11.9. The lowest BCUT2D eigenvalue weighted by Crippen LogP contribution is -2.52. The predicted molar refractivity (Wildman–Crippen MR) is 171 cm³/mol. The predicted octanol–water partition coefficient (Wildman–Crippen LogP) is 3.63. The number of ketones is 1. The van der Waals surface area contributed by atoms with Gasteiger partial charge in [0, 0.05) is 67.8 Å². The first-order chi connectivity index (χ1) is 21.2. The fourth-order valence-corrected chi connectivity index (χ4v) is 5.69. The summed E-state index contributed by atoms with van der Waals surface area (Å²) in [5.74, 6) is 0.483. The van der Waals surface area contributed by atoms with Crippen LogP contribution < -0.4 is 15.4 Å². The number of unbranched alkanes of at least 4 members (excludes halogenated alkanes) is 2. The molecule has 0 spiro atoms. The molecule has 236 valence electrons. The number of benzene rings is 2. The largest absolute Gasteiger partial charge is 0.497 e. The molecule has 2 heterocycles. The second-order valence-electron chi connectivity index (χ2n) is 11.5. The van der Waals surface area contributed by atoms with Crippen molar-refractivity contribution in [2.75, 3.05) is 46.4 Å². The van der Waals surface area contributed by atoms with Crippen LogP contribution in [0.3, 0.4) is 0 Å². The molecule has 1 saturated heterocycles. The zero-order valence-electron chi connectivity index (χ0n) is 26.1. The van der Waals surface area contributed by atoms with Crippen molar-refractivity contribution in [3.63, 3.8) is 0 Å². The maximum absolute atomic E-state index is 13.3. The summed E-state index contributed by atoms with van der Waals surface area (Å²) in [5, 5.41) is 6.92. The third kappa shape index (κ3) is 9.16. The van der Waals surface area contributed by atoms with Gasteiger partial charge in [0.15, 0.2) is 0 Å². The van der Waals surface area contributed by atoms with Crippen molar-refractivity contribution in [2.45, 2.75) is 58.4 Å². The number of amides is 3. The van der Waals surface area contributed by atoms with Crippen LogP contribution in [0.1, 0.15) is 60.6 Å². The minimum absolute atomic E-state index is 0.0439. The van der Waals surface area contributed by atoms with E-state index in [9.17, 15) is 19.2 Å². The molecule has 3 N–H and O–H groups in total. The lowest BCUT2D eigenvalue weighted by atomic mass is 10.0. The smallest absolute Gasteiger partial charge is 0.253 e. The summed E-state index contributed by atoms with van der Waals surface area (Å²) in [6, 6.07) is 14.4. The number of piperazine rings is 1. The molecule has 4 rings (SSSR count). The molecular formula is C34H45N5O5. The number of aryl methyl sites for hydroxylation is 1. The molecule has 44 heavy (non-hydrogen) atoms. The normalized spacial score (nSPS) is 14.3. The molecule has 0 saturated carbocycles. The third-order valence-corrected chi connectivity index (χ3v) is 8.24. The van der Waals surface area contributed by atoms with Gasteiger partial charge in [-0.3, -0.25) is 19.3 Å². The lowest BCUT2D eigenvalue weighted by Gasteiger charge is -2.34. The van der Waals surface area contributed by atoms with Gasteiger partial charge >= 0.3 is 0 Å². The van der Waals surface area contributed by atoms with E-state index in [1.807, 2.05) is 60.4 Å². The van der Waals surface area contributed by atoms with Crippen LogP contribution in [0.2, 0.25) is 0 Å². The van der Waals surface area contributed by atoms with Crippen molar-refractivity contribution in [1.29, 1.82) is 0 Å². The molecular weight excluding hydrogens is 558 g/mol. The van der Waals surface area contributed by atoms with Crippen molar-refractivity contribution in [1.82, 2.24) is 25.4 Å². The average molecular weight is 604 g/mol. The molecule has 10 heteroatoms. The van der Waals surface area contributed by atoms with E-state index in [0.717, 1.165) is 54.5 Å². The van der Waals surface area contributed by atoms with Crippen LogP contribution in [0.4, 0.5) is 0 Å². The van der Waals surface area contributed by atoms with Crippen molar-refractivity contribution in [3.05, 3.63) is 65.4 Å². The van der Waals surface area contributed by atoms with Crippen LogP contribution >= 0.6 is 0 Å². The Bertz CT molecular complexity index is 1430. The van der Waals surface area contributed by atoms with Gasteiger partial charge in [0.1, 0.15) is 17.6 Å². The SMILES string of the molecule is COc1ccc2[nH]c(C)c(CC(=O)NC(CCCCCC(C)=O)C(=O)NCCN3CCN(C(=O)c4ccccc4)CC3)c2c1.